The molecule has 0 aromatic heterocycles. The van der Waals surface area contributed by atoms with Crippen molar-refractivity contribution < 1.29 is 19.2 Å². The summed E-state index contributed by atoms with van der Waals surface area (Å²) >= 11 is 0. The van der Waals surface area contributed by atoms with Crippen molar-refractivity contribution in [2.24, 2.45) is 0 Å². The summed E-state index contributed by atoms with van der Waals surface area (Å²) in [5.74, 6) is -1.37. The van der Waals surface area contributed by atoms with Gasteiger partial charge in [0.25, 0.3) is 23.6 Å². The number of rotatable bonds is 5. The predicted molar refractivity (Wildman–Crippen MR) is 192 cm³/mol. The summed E-state index contributed by atoms with van der Waals surface area (Å²) in [5, 5.41) is 0. The second kappa shape index (κ2) is 10.8. The molecule has 6 nitrogen and oxygen atoms in total. The summed E-state index contributed by atoms with van der Waals surface area (Å²) in [7, 11) is 1.47. The third-order valence-corrected chi connectivity index (χ3v) is 10.5. The lowest BCUT2D eigenvalue weighted by Gasteiger charge is -2.34. The molecule has 0 fully saturated rings. The van der Waals surface area contributed by atoms with E-state index in [9.17, 15) is 19.2 Å². The first-order chi connectivity index (χ1) is 24.3. The van der Waals surface area contributed by atoms with Gasteiger partial charge in [0, 0.05) is 7.05 Å². The van der Waals surface area contributed by atoms with E-state index < -0.39 is 5.41 Å². The van der Waals surface area contributed by atoms with E-state index in [1.165, 1.54) is 39.8 Å². The van der Waals surface area contributed by atoms with Gasteiger partial charge in [-0.25, -0.2) is 4.90 Å². The highest BCUT2D eigenvalue weighted by Gasteiger charge is 2.46. The zero-order valence-corrected chi connectivity index (χ0v) is 27.4. The summed E-state index contributed by atoms with van der Waals surface area (Å²) in [6.45, 7) is 2.09. The summed E-state index contributed by atoms with van der Waals surface area (Å²) in [4.78, 5) is 54.8. The first-order valence-corrected chi connectivity index (χ1v) is 16.6. The standard InChI is InChI=1S/C44H30N2O4/c1-26-11-15-29(16-12-26)44(38-9-5-3-7-32(38)33-8-4-6-10-39(33)44)30-17-19-31(20-18-30)46-42(49)35-22-14-28(25-37(35)43(46)50)23-27-13-21-34-36(24-27)41(48)45(2)40(34)47/h3-22,24-25H,23H2,1-2H3. The summed E-state index contributed by atoms with van der Waals surface area (Å²) in [6, 6.07) is 44.1. The van der Waals surface area contributed by atoms with Gasteiger partial charge in [-0.3, -0.25) is 24.1 Å². The van der Waals surface area contributed by atoms with Gasteiger partial charge in [-0.15, -0.1) is 0 Å². The maximum atomic E-state index is 13.9. The van der Waals surface area contributed by atoms with Gasteiger partial charge in [0.1, 0.15) is 0 Å². The van der Waals surface area contributed by atoms with E-state index in [0.717, 1.165) is 27.2 Å². The molecule has 6 aromatic rings. The van der Waals surface area contributed by atoms with Crippen LogP contribution in [0.15, 0.2) is 133 Å². The molecule has 0 unspecified atom stereocenters. The van der Waals surface area contributed by atoms with Crippen molar-refractivity contribution in [1.29, 1.82) is 0 Å². The lowest BCUT2D eigenvalue weighted by atomic mass is 9.67. The van der Waals surface area contributed by atoms with Crippen molar-refractivity contribution >= 4 is 29.3 Å². The first-order valence-electron chi connectivity index (χ1n) is 16.6. The maximum absolute atomic E-state index is 13.9. The lowest BCUT2D eigenvalue weighted by molar-refractivity contribution is 0.0692. The van der Waals surface area contributed by atoms with Crippen LogP contribution in [-0.2, 0) is 11.8 Å². The normalized spacial score (nSPS) is 15.3. The molecule has 2 heterocycles. The Hall–Kier alpha value is -6.40. The molecule has 6 heteroatoms. The second-order valence-electron chi connectivity index (χ2n) is 13.3. The maximum Gasteiger partial charge on any atom is 0.266 e. The monoisotopic (exact) mass is 650 g/mol. The van der Waals surface area contributed by atoms with Gasteiger partial charge in [0.15, 0.2) is 0 Å². The molecule has 9 rings (SSSR count). The molecule has 0 bridgehead atoms. The molecule has 0 saturated carbocycles. The summed E-state index contributed by atoms with van der Waals surface area (Å²) in [6.07, 6.45) is 0.436. The molecule has 3 aliphatic rings. The van der Waals surface area contributed by atoms with E-state index in [1.54, 1.807) is 24.3 Å². The van der Waals surface area contributed by atoms with E-state index >= 15 is 0 Å². The van der Waals surface area contributed by atoms with Crippen LogP contribution in [0.1, 0.15) is 80.4 Å². The highest BCUT2D eigenvalue weighted by Crippen LogP contribution is 2.56. The third-order valence-electron chi connectivity index (χ3n) is 10.5. The van der Waals surface area contributed by atoms with Crippen LogP contribution in [0, 0.1) is 6.92 Å². The Bertz CT molecular complexity index is 2420. The Morgan fingerprint density at radius 2 is 0.940 bits per heavy atom. The minimum absolute atomic E-state index is 0.311. The number of carbonyl (C=O) groups is 4. The summed E-state index contributed by atoms with van der Waals surface area (Å²) < 4.78 is 0. The number of imide groups is 2. The van der Waals surface area contributed by atoms with Crippen LogP contribution in [0.25, 0.3) is 11.1 Å². The topological polar surface area (TPSA) is 74.8 Å². The smallest absolute Gasteiger partial charge is 0.266 e. The van der Waals surface area contributed by atoms with Crippen molar-refractivity contribution in [2.45, 2.75) is 18.8 Å². The van der Waals surface area contributed by atoms with E-state index in [4.69, 9.17) is 0 Å². The molecular formula is C44H30N2O4. The van der Waals surface area contributed by atoms with Gasteiger partial charge in [-0.2, -0.15) is 0 Å². The molecule has 4 amide bonds. The van der Waals surface area contributed by atoms with E-state index in [0.29, 0.717) is 34.4 Å². The fourth-order valence-electron chi connectivity index (χ4n) is 8.07. The molecular weight excluding hydrogens is 620 g/mol. The van der Waals surface area contributed by atoms with Crippen molar-refractivity contribution in [3.05, 3.63) is 195 Å². The number of hydrogen-bond acceptors (Lipinski definition) is 4. The van der Waals surface area contributed by atoms with Gasteiger partial charge in [-0.05, 0) is 94.3 Å². The lowest BCUT2D eigenvalue weighted by Crippen LogP contribution is -2.30. The Balaban J connectivity index is 1.07. The van der Waals surface area contributed by atoms with Crippen LogP contribution < -0.4 is 4.90 Å². The van der Waals surface area contributed by atoms with Crippen LogP contribution in [0.2, 0.25) is 0 Å². The number of carbonyl (C=O) groups excluding carboxylic acids is 4. The predicted octanol–water partition coefficient (Wildman–Crippen LogP) is 7.98. The van der Waals surface area contributed by atoms with Gasteiger partial charge in [-0.1, -0.05) is 103 Å². The van der Waals surface area contributed by atoms with Crippen LogP contribution in [0.3, 0.4) is 0 Å². The number of fused-ring (bicyclic) bond motifs is 5. The number of aryl methyl sites for hydroxylation is 1. The Labute approximate surface area is 289 Å². The largest absolute Gasteiger partial charge is 0.277 e. The van der Waals surface area contributed by atoms with Crippen molar-refractivity contribution in [1.82, 2.24) is 4.90 Å². The SMILES string of the molecule is Cc1ccc(C2(c3ccc(N4C(=O)c5ccc(Cc6ccc7c(c6)C(=O)N(C)C7=O)cc5C4=O)cc3)c3ccccc3-c3ccccc32)cc1. The van der Waals surface area contributed by atoms with Gasteiger partial charge in [0.2, 0.25) is 0 Å². The van der Waals surface area contributed by atoms with Crippen LogP contribution in [0.4, 0.5) is 5.69 Å². The molecule has 0 N–H and O–H groups in total. The highest BCUT2D eigenvalue weighted by molar-refractivity contribution is 6.34. The molecule has 0 saturated heterocycles. The van der Waals surface area contributed by atoms with Gasteiger partial charge < -0.3 is 0 Å². The quantitative estimate of drug-likeness (QED) is 0.177. The number of benzene rings is 6. The molecule has 240 valence electrons. The van der Waals surface area contributed by atoms with Gasteiger partial charge in [0.05, 0.1) is 33.4 Å². The Kier molecular flexibility index (Phi) is 6.42. The molecule has 0 atom stereocenters. The minimum atomic E-state index is -0.582. The highest BCUT2D eigenvalue weighted by atomic mass is 16.2. The van der Waals surface area contributed by atoms with Crippen LogP contribution in [0.5, 0.6) is 0 Å². The number of anilines is 1. The van der Waals surface area contributed by atoms with Crippen molar-refractivity contribution in [2.75, 3.05) is 11.9 Å². The van der Waals surface area contributed by atoms with Gasteiger partial charge >= 0.3 is 0 Å². The first kappa shape index (κ1) is 29.7. The van der Waals surface area contributed by atoms with E-state index in [2.05, 4.69) is 79.7 Å². The fraction of sp³-hybridized carbons (Fsp3) is 0.0909. The molecule has 6 aromatic carbocycles. The minimum Gasteiger partial charge on any atom is -0.277 e. The molecule has 0 radical (unpaired) electrons. The molecule has 2 aliphatic heterocycles. The Morgan fingerprint density at radius 3 is 1.52 bits per heavy atom. The second-order valence-corrected chi connectivity index (χ2v) is 13.3. The third kappa shape index (κ3) is 4.08. The summed E-state index contributed by atoms with van der Waals surface area (Å²) in [5.41, 5.74) is 11.2. The zero-order chi connectivity index (χ0) is 34.3. The van der Waals surface area contributed by atoms with Crippen molar-refractivity contribution in [3.8, 4) is 11.1 Å². The van der Waals surface area contributed by atoms with Crippen LogP contribution >= 0.6 is 0 Å². The number of hydrogen-bond donors (Lipinski definition) is 0. The fourth-order valence-corrected chi connectivity index (χ4v) is 8.07. The van der Waals surface area contributed by atoms with E-state index in [1.807, 2.05) is 36.4 Å². The van der Waals surface area contributed by atoms with E-state index in [-0.39, 0.29) is 23.6 Å². The zero-order valence-electron chi connectivity index (χ0n) is 27.4. The average Bonchev–Trinajstić information content (AvgIpc) is 3.67. The average molecular weight is 651 g/mol. The van der Waals surface area contributed by atoms with Crippen LogP contribution in [-0.4, -0.2) is 35.6 Å². The molecule has 0 spiro atoms. The van der Waals surface area contributed by atoms with Crippen molar-refractivity contribution in [3.63, 3.8) is 0 Å². The molecule has 1 aliphatic carbocycles. The number of amides is 4. The molecule has 50 heavy (non-hydrogen) atoms. The Morgan fingerprint density at radius 1 is 0.480 bits per heavy atom. The number of nitrogens with zero attached hydrogens (tertiary/aromatic N) is 2.